The normalized spacial score (nSPS) is 19.6. The van der Waals surface area contributed by atoms with Gasteiger partial charge in [0.1, 0.15) is 13.2 Å². The topological polar surface area (TPSA) is 94.7 Å². The summed E-state index contributed by atoms with van der Waals surface area (Å²) in [5, 5.41) is 16.0. The molecular weight excluding hydrogens is 228 g/mol. The molecule has 1 aliphatic rings. The van der Waals surface area contributed by atoms with Gasteiger partial charge >= 0.3 is 5.97 Å². The van der Waals surface area contributed by atoms with Crippen LogP contribution in [0.2, 0.25) is 0 Å². The van der Waals surface area contributed by atoms with Crippen LogP contribution in [0.4, 0.5) is 0 Å². The summed E-state index contributed by atoms with van der Waals surface area (Å²) in [5.41, 5.74) is 0. The molecule has 7 heteroatoms. The molecule has 17 heavy (non-hydrogen) atoms. The lowest BCUT2D eigenvalue weighted by molar-refractivity contribution is -0.142. The van der Waals surface area contributed by atoms with Gasteiger partial charge in [-0.25, -0.2) is 4.79 Å². The summed E-state index contributed by atoms with van der Waals surface area (Å²) in [4.78, 5) is 10.2. The van der Waals surface area contributed by atoms with Crippen LogP contribution < -0.4 is 0 Å². The number of carboxylic acids is 1. The molecule has 0 spiro atoms. The van der Waals surface area contributed by atoms with Crippen molar-refractivity contribution >= 4 is 5.97 Å². The fourth-order valence-electron chi connectivity index (χ4n) is 1.65. The molecule has 2 heterocycles. The van der Waals surface area contributed by atoms with Gasteiger partial charge < -0.3 is 19.0 Å². The number of carboxylic acid groups (broad SMARTS) is 1. The maximum absolute atomic E-state index is 10.2. The summed E-state index contributed by atoms with van der Waals surface area (Å²) in [6, 6.07) is 0. The van der Waals surface area contributed by atoms with Crippen molar-refractivity contribution in [3.8, 4) is 0 Å². The van der Waals surface area contributed by atoms with Crippen LogP contribution in [0.15, 0.2) is 4.42 Å². The van der Waals surface area contributed by atoms with E-state index in [-0.39, 0.29) is 19.3 Å². The molecular formula is C10H14N2O5. The van der Waals surface area contributed by atoms with E-state index in [2.05, 4.69) is 10.2 Å². The number of aromatic nitrogens is 2. The van der Waals surface area contributed by atoms with Crippen LogP contribution >= 0.6 is 0 Å². The van der Waals surface area contributed by atoms with Crippen molar-refractivity contribution in [2.45, 2.75) is 32.0 Å². The predicted molar refractivity (Wildman–Crippen MR) is 54.3 cm³/mol. The molecule has 0 aliphatic carbocycles. The number of ether oxygens (including phenoxy) is 2. The Hall–Kier alpha value is -1.47. The first kappa shape index (κ1) is 12.0. The SMILES string of the molecule is O=C(O)COCc1nnc(CC2CCCO2)o1. The largest absolute Gasteiger partial charge is 0.480 e. The summed E-state index contributed by atoms with van der Waals surface area (Å²) in [6.45, 7) is 0.432. The van der Waals surface area contributed by atoms with Gasteiger partial charge in [0.15, 0.2) is 0 Å². The zero-order valence-corrected chi connectivity index (χ0v) is 9.29. The molecule has 1 saturated heterocycles. The molecule has 7 nitrogen and oxygen atoms in total. The summed E-state index contributed by atoms with van der Waals surface area (Å²) < 4.78 is 15.6. The minimum absolute atomic E-state index is 0.0187. The first-order valence-electron chi connectivity index (χ1n) is 5.46. The quantitative estimate of drug-likeness (QED) is 0.771. The second-order valence-corrected chi connectivity index (χ2v) is 3.82. The van der Waals surface area contributed by atoms with Gasteiger partial charge in [-0.05, 0) is 12.8 Å². The first-order chi connectivity index (χ1) is 8.24. The van der Waals surface area contributed by atoms with Crippen LogP contribution in [0.25, 0.3) is 0 Å². The van der Waals surface area contributed by atoms with Crippen LogP contribution in [0.3, 0.4) is 0 Å². The third kappa shape index (κ3) is 3.79. The molecule has 1 fully saturated rings. The Morgan fingerprint density at radius 2 is 2.29 bits per heavy atom. The molecule has 0 saturated carbocycles. The van der Waals surface area contributed by atoms with E-state index in [0.29, 0.717) is 18.2 Å². The fraction of sp³-hybridized carbons (Fsp3) is 0.700. The van der Waals surface area contributed by atoms with Gasteiger partial charge in [-0.3, -0.25) is 0 Å². The van der Waals surface area contributed by atoms with Crippen molar-refractivity contribution in [3.05, 3.63) is 11.8 Å². The molecule has 1 unspecified atom stereocenters. The van der Waals surface area contributed by atoms with Crippen LogP contribution in [0, 0.1) is 0 Å². The van der Waals surface area contributed by atoms with Gasteiger partial charge in [0.25, 0.3) is 0 Å². The van der Waals surface area contributed by atoms with E-state index in [9.17, 15) is 4.79 Å². The Morgan fingerprint density at radius 1 is 1.47 bits per heavy atom. The zero-order valence-electron chi connectivity index (χ0n) is 9.29. The van der Waals surface area contributed by atoms with E-state index in [1.807, 2.05) is 0 Å². The lowest BCUT2D eigenvalue weighted by atomic mass is 10.2. The van der Waals surface area contributed by atoms with Crippen LogP contribution in [-0.2, 0) is 27.3 Å². The smallest absolute Gasteiger partial charge is 0.329 e. The minimum Gasteiger partial charge on any atom is -0.480 e. The summed E-state index contributed by atoms with van der Waals surface area (Å²) in [5.74, 6) is -0.228. The van der Waals surface area contributed by atoms with Crippen LogP contribution in [0.1, 0.15) is 24.6 Å². The standard InChI is InChI=1S/C10H14N2O5/c13-10(14)6-15-5-9-12-11-8(17-9)4-7-2-1-3-16-7/h7H,1-6H2,(H,13,14). The fourth-order valence-corrected chi connectivity index (χ4v) is 1.65. The highest BCUT2D eigenvalue weighted by molar-refractivity contribution is 5.67. The predicted octanol–water partition coefficient (Wildman–Crippen LogP) is 0.392. The third-order valence-corrected chi connectivity index (χ3v) is 2.39. The first-order valence-corrected chi connectivity index (χ1v) is 5.46. The molecule has 1 aromatic heterocycles. The van der Waals surface area contributed by atoms with Crippen molar-refractivity contribution in [2.75, 3.05) is 13.2 Å². The molecule has 0 radical (unpaired) electrons. The van der Waals surface area contributed by atoms with Gasteiger partial charge in [0.05, 0.1) is 12.5 Å². The maximum Gasteiger partial charge on any atom is 0.329 e. The van der Waals surface area contributed by atoms with E-state index in [1.165, 1.54) is 0 Å². The summed E-state index contributed by atoms with van der Waals surface area (Å²) >= 11 is 0. The lowest BCUT2D eigenvalue weighted by Gasteiger charge is -2.04. The van der Waals surface area contributed by atoms with E-state index >= 15 is 0 Å². The molecule has 1 atom stereocenters. The molecule has 1 aliphatic heterocycles. The average molecular weight is 242 g/mol. The maximum atomic E-state index is 10.2. The summed E-state index contributed by atoms with van der Waals surface area (Å²) in [6.07, 6.45) is 2.83. The van der Waals surface area contributed by atoms with E-state index in [4.69, 9.17) is 19.0 Å². The third-order valence-electron chi connectivity index (χ3n) is 2.39. The van der Waals surface area contributed by atoms with Gasteiger partial charge in [-0.15, -0.1) is 10.2 Å². The Kier molecular flexibility index (Phi) is 4.05. The van der Waals surface area contributed by atoms with Crippen LogP contribution in [0.5, 0.6) is 0 Å². The zero-order chi connectivity index (χ0) is 12.1. The lowest BCUT2D eigenvalue weighted by Crippen LogP contribution is -2.08. The van der Waals surface area contributed by atoms with E-state index < -0.39 is 5.97 Å². The monoisotopic (exact) mass is 242 g/mol. The van der Waals surface area contributed by atoms with Crippen molar-refractivity contribution in [1.82, 2.24) is 10.2 Å². The molecule has 94 valence electrons. The highest BCUT2D eigenvalue weighted by Gasteiger charge is 2.19. The Morgan fingerprint density at radius 3 is 3.00 bits per heavy atom. The number of hydrogen-bond acceptors (Lipinski definition) is 6. The number of rotatable bonds is 6. The van der Waals surface area contributed by atoms with E-state index in [1.54, 1.807) is 0 Å². The number of aliphatic carboxylic acids is 1. The van der Waals surface area contributed by atoms with Gasteiger partial charge in [0.2, 0.25) is 11.8 Å². The molecule has 0 bridgehead atoms. The Bertz CT molecular complexity index is 373. The number of nitrogens with zero attached hydrogens (tertiary/aromatic N) is 2. The van der Waals surface area contributed by atoms with Gasteiger partial charge in [0, 0.05) is 6.61 Å². The second kappa shape index (κ2) is 5.74. The highest BCUT2D eigenvalue weighted by Crippen LogP contribution is 2.16. The number of carbonyl (C=O) groups is 1. The molecule has 0 amide bonds. The van der Waals surface area contributed by atoms with E-state index in [0.717, 1.165) is 19.4 Å². The van der Waals surface area contributed by atoms with Crippen LogP contribution in [-0.4, -0.2) is 40.6 Å². The minimum atomic E-state index is -1.02. The number of hydrogen-bond donors (Lipinski definition) is 1. The second-order valence-electron chi connectivity index (χ2n) is 3.82. The average Bonchev–Trinajstić information content (AvgIpc) is 2.90. The Labute approximate surface area is 97.7 Å². The van der Waals surface area contributed by atoms with Gasteiger partial charge in [-0.1, -0.05) is 0 Å². The summed E-state index contributed by atoms with van der Waals surface area (Å²) in [7, 11) is 0. The van der Waals surface area contributed by atoms with Crippen molar-refractivity contribution < 1.29 is 23.8 Å². The molecule has 1 aromatic rings. The highest BCUT2D eigenvalue weighted by atomic mass is 16.5. The van der Waals surface area contributed by atoms with Gasteiger partial charge in [-0.2, -0.15) is 0 Å². The molecule has 2 rings (SSSR count). The van der Waals surface area contributed by atoms with Crippen molar-refractivity contribution in [3.63, 3.8) is 0 Å². The van der Waals surface area contributed by atoms with Crippen molar-refractivity contribution in [1.29, 1.82) is 0 Å². The Balaban J connectivity index is 1.76. The molecule has 0 aromatic carbocycles. The van der Waals surface area contributed by atoms with Crippen molar-refractivity contribution in [2.24, 2.45) is 0 Å². The molecule has 1 N–H and O–H groups in total.